The maximum Gasteiger partial charge on any atom is 0.573 e. The maximum absolute atomic E-state index is 13.4. The number of alkyl halides is 3. The SMILES string of the molecule is COc1cc(F)ccc1OCC(Cn1nc2ccc(-c3ccc(OC(F)(F)F)cc3)cn2c1=O)OC. The highest BCUT2D eigenvalue weighted by Gasteiger charge is 2.31. The third-order valence-corrected chi connectivity index (χ3v) is 5.26. The Balaban J connectivity index is 1.50. The standard InChI is InChI=1S/C24H21F4N3O5/c1-33-19(14-35-20-9-6-17(25)11-21(20)34-2)13-31-23(32)30-12-16(5-10-22(30)29-31)15-3-7-18(8-4-15)36-24(26,27)28/h3-12,19H,13-14H2,1-2H3. The molecule has 0 aliphatic carbocycles. The van der Waals surface area contributed by atoms with Gasteiger partial charge in [0.1, 0.15) is 24.3 Å². The van der Waals surface area contributed by atoms with Gasteiger partial charge in [-0.15, -0.1) is 18.3 Å². The zero-order chi connectivity index (χ0) is 25.9. The third-order valence-electron chi connectivity index (χ3n) is 5.26. The van der Waals surface area contributed by atoms with Gasteiger partial charge in [0.15, 0.2) is 17.1 Å². The predicted molar refractivity (Wildman–Crippen MR) is 121 cm³/mol. The molecule has 36 heavy (non-hydrogen) atoms. The van der Waals surface area contributed by atoms with Crippen molar-refractivity contribution in [3.8, 4) is 28.4 Å². The minimum atomic E-state index is -4.78. The summed E-state index contributed by atoms with van der Waals surface area (Å²) in [6.45, 7) is 0.107. The Morgan fingerprint density at radius 2 is 1.69 bits per heavy atom. The molecule has 0 aliphatic rings. The fourth-order valence-electron chi connectivity index (χ4n) is 3.49. The van der Waals surface area contributed by atoms with E-state index in [1.54, 1.807) is 18.3 Å². The molecule has 1 unspecified atom stereocenters. The first-order chi connectivity index (χ1) is 17.2. The summed E-state index contributed by atoms with van der Waals surface area (Å²) in [7, 11) is 2.85. The summed E-state index contributed by atoms with van der Waals surface area (Å²) >= 11 is 0. The molecular formula is C24H21F4N3O5. The summed E-state index contributed by atoms with van der Waals surface area (Å²) in [5, 5.41) is 4.30. The second-order valence-electron chi connectivity index (χ2n) is 7.65. The van der Waals surface area contributed by atoms with E-state index in [1.165, 1.54) is 65.8 Å². The molecule has 4 aromatic rings. The molecule has 8 nitrogen and oxygen atoms in total. The molecule has 0 radical (unpaired) electrons. The van der Waals surface area contributed by atoms with Crippen LogP contribution in [-0.4, -0.2) is 47.5 Å². The minimum absolute atomic E-state index is 0.0381. The van der Waals surface area contributed by atoms with Gasteiger partial charge in [-0.05, 0) is 47.5 Å². The smallest absolute Gasteiger partial charge is 0.493 e. The quantitative estimate of drug-likeness (QED) is 0.315. The molecule has 0 fully saturated rings. The van der Waals surface area contributed by atoms with Crippen LogP contribution in [0.25, 0.3) is 16.8 Å². The average Bonchev–Trinajstić information content (AvgIpc) is 3.16. The Labute approximate surface area is 202 Å². The molecule has 0 bridgehead atoms. The molecule has 0 aliphatic heterocycles. The average molecular weight is 507 g/mol. The van der Waals surface area contributed by atoms with Crippen LogP contribution < -0.4 is 19.9 Å². The number of halogens is 4. The number of hydrogen-bond donors (Lipinski definition) is 0. The number of hydrogen-bond acceptors (Lipinski definition) is 6. The second kappa shape index (κ2) is 10.3. The Bertz CT molecular complexity index is 1400. The molecule has 2 aromatic heterocycles. The lowest BCUT2D eigenvalue weighted by Crippen LogP contribution is -2.32. The van der Waals surface area contributed by atoms with Gasteiger partial charge in [-0.3, -0.25) is 0 Å². The first-order valence-electron chi connectivity index (χ1n) is 10.6. The molecule has 2 heterocycles. The summed E-state index contributed by atoms with van der Waals surface area (Å²) in [5.41, 5.74) is 1.11. The largest absolute Gasteiger partial charge is 0.573 e. The van der Waals surface area contributed by atoms with E-state index in [1.807, 2.05) is 0 Å². The van der Waals surface area contributed by atoms with Crippen molar-refractivity contribution < 1.29 is 36.5 Å². The Morgan fingerprint density at radius 3 is 2.36 bits per heavy atom. The fourth-order valence-corrected chi connectivity index (χ4v) is 3.49. The van der Waals surface area contributed by atoms with Crippen molar-refractivity contribution in [1.82, 2.24) is 14.2 Å². The van der Waals surface area contributed by atoms with E-state index in [2.05, 4.69) is 9.84 Å². The summed E-state index contributed by atoms with van der Waals surface area (Å²) in [6, 6.07) is 12.5. The molecule has 2 aromatic carbocycles. The molecule has 190 valence electrons. The number of ether oxygens (including phenoxy) is 4. The molecule has 0 saturated heterocycles. The topological polar surface area (TPSA) is 76.2 Å². The van der Waals surface area contributed by atoms with Crippen molar-refractivity contribution in [3.05, 3.63) is 77.1 Å². The van der Waals surface area contributed by atoms with Gasteiger partial charge in [0.2, 0.25) is 0 Å². The third kappa shape index (κ3) is 5.77. The van der Waals surface area contributed by atoms with Gasteiger partial charge in [-0.1, -0.05) is 12.1 Å². The zero-order valence-electron chi connectivity index (χ0n) is 19.2. The van der Waals surface area contributed by atoms with Crippen LogP contribution in [0.5, 0.6) is 17.2 Å². The fraction of sp³-hybridized carbons (Fsp3) is 0.250. The van der Waals surface area contributed by atoms with Gasteiger partial charge >= 0.3 is 12.1 Å². The monoisotopic (exact) mass is 507 g/mol. The van der Waals surface area contributed by atoms with Crippen molar-refractivity contribution in [2.45, 2.75) is 19.0 Å². The molecule has 0 spiro atoms. The number of rotatable bonds is 9. The normalized spacial score (nSPS) is 12.5. The highest BCUT2D eigenvalue weighted by atomic mass is 19.4. The Kier molecular flexibility index (Phi) is 7.15. The highest BCUT2D eigenvalue weighted by molar-refractivity contribution is 5.65. The number of methoxy groups -OCH3 is 2. The minimum Gasteiger partial charge on any atom is -0.493 e. The highest BCUT2D eigenvalue weighted by Crippen LogP contribution is 2.28. The molecule has 4 rings (SSSR count). The van der Waals surface area contributed by atoms with Crippen LogP contribution in [0.1, 0.15) is 0 Å². The van der Waals surface area contributed by atoms with Crippen molar-refractivity contribution in [3.63, 3.8) is 0 Å². The maximum atomic E-state index is 13.4. The lowest BCUT2D eigenvalue weighted by Gasteiger charge is -2.17. The van der Waals surface area contributed by atoms with E-state index in [-0.39, 0.29) is 24.7 Å². The first-order valence-corrected chi connectivity index (χ1v) is 10.6. The molecule has 0 N–H and O–H groups in total. The molecular weight excluding hydrogens is 486 g/mol. The van der Waals surface area contributed by atoms with Gasteiger partial charge < -0.3 is 18.9 Å². The zero-order valence-corrected chi connectivity index (χ0v) is 19.2. The van der Waals surface area contributed by atoms with Gasteiger partial charge in [-0.2, -0.15) is 0 Å². The van der Waals surface area contributed by atoms with Gasteiger partial charge in [0, 0.05) is 19.4 Å². The summed E-state index contributed by atoms with van der Waals surface area (Å²) in [6.07, 6.45) is -3.80. The van der Waals surface area contributed by atoms with Crippen LogP contribution in [0.4, 0.5) is 17.6 Å². The van der Waals surface area contributed by atoms with Crippen LogP contribution in [0.15, 0.2) is 65.6 Å². The van der Waals surface area contributed by atoms with E-state index >= 15 is 0 Å². The van der Waals surface area contributed by atoms with Crippen molar-refractivity contribution >= 4 is 5.65 Å². The van der Waals surface area contributed by atoms with E-state index in [4.69, 9.17) is 14.2 Å². The van der Waals surface area contributed by atoms with Crippen LogP contribution in [0.3, 0.4) is 0 Å². The number of pyridine rings is 1. The Hall–Kier alpha value is -4.06. The lowest BCUT2D eigenvalue weighted by atomic mass is 10.1. The van der Waals surface area contributed by atoms with Crippen LogP contribution in [-0.2, 0) is 11.3 Å². The lowest BCUT2D eigenvalue weighted by molar-refractivity contribution is -0.274. The summed E-state index contributed by atoms with van der Waals surface area (Å²) in [5.74, 6) is -0.271. The van der Waals surface area contributed by atoms with Gasteiger partial charge in [0.25, 0.3) is 0 Å². The molecule has 0 amide bonds. The summed E-state index contributed by atoms with van der Waals surface area (Å²) in [4.78, 5) is 12.9. The summed E-state index contributed by atoms with van der Waals surface area (Å²) < 4.78 is 73.2. The predicted octanol–water partition coefficient (Wildman–Crippen LogP) is 4.30. The second-order valence-corrected chi connectivity index (χ2v) is 7.65. The number of aromatic nitrogens is 3. The van der Waals surface area contributed by atoms with Crippen LogP contribution in [0, 0.1) is 5.82 Å². The van der Waals surface area contributed by atoms with Crippen molar-refractivity contribution in [2.24, 2.45) is 0 Å². The first kappa shape index (κ1) is 25.0. The van der Waals surface area contributed by atoms with Crippen molar-refractivity contribution in [1.29, 1.82) is 0 Å². The van der Waals surface area contributed by atoms with Gasteiger partial charge in [-0.25, -0.2) is 18.3 Å². The van der Waals surface area contributed by atoms with E-state index in [0.717, 1.165) is 0 Å². The number of benzene rings is 2. The molecule has 1 atom stereocenters. The van der Waals surface area contributed by atoms with Gasteiger partial charge in [0.05, 0.1) is 13.7 Å². The number of nitrogens with zero attached hydrogens (tertiary/aromatic N) is 3. The number of fused-ring (bicyclic) bond motifs is 1. The van der Waals surface area contributed by atoms with E-state index in [9.17, 15) is 22.4 Å². The Morgan fingerprint density at radius 1 is 0.972 bits per heavy atom. The molecule has 12 heteroatoms. The molecule has 0 saturated carbocycles. The van der Waals surface area contributed by atoms with E-state index < -0.39 is 24.0 Å². The van der Waals surface area contributed by atoms with Crippen LogP contribution in [0.2, 0.25) is 0 Å². The van der Waals surface area contributed by atoms with Crippen molar-refractivity contribution in [2.75, 3.05) is 20.8 Å². The van der Waals surface area contributed by atoms with Crippen LogP contribution >= 0.6 is 0 Å². The van der Waals surface area contributed by atoms with E-state index in [0.29, 0.717) is 22.5 Å².